The van der Waals surface area contributed by atoms with Gasteiger partial charge in [0.1, 0.15) is 5.57 Å². The first-order valence-corrected chi connectivity index (χ1v) is 14.2. The van der Waals surface area contributed by atoms with Crippen molar-refractivity contribution in [1.82, 2.24) is 8.61 Å². The van der Waals surface area contributed by atoms with Gasteiger partial charge in [-0.2, -0.15) is 8.42 Å². The Morgan fingerprint density at radius 3 is 1.42 bits per heavy atom. The van der Waals surface area contributed by atoms with Gasteiger partial charge in [-0.3, -0.25) is 9.59 Å². The van der Waals surface area contributed by atoms with Gasteiger partial charge in [-0.15, -0.1) is 11.8 Å². The zero-order chi connectivity index (χ0) is 25.4. The van der Waals surface area contributed by atoms with Crippen molar-refractivity contribution in [2.45, 2.75) is 19.3 Å². The number of nitrogens with zero attached hydrogens (tertiary/aromatic N) is 2. The molecule has 0 spiro atoms. The van der Waals surface area contributed by atoms with Crippen molar-refractivity contribution in [1.29, 1.82) is 0 Å². The predicted molar refractivity (Wildman–Crippen MR) is 143 cm³/mol. The minimum atomic E-state index is -4.29. The van der Waals surface area contributed by atoms with E-state index in [9.17, 15) is 18.0 Å². The molecule has 0 N–H and O–H groups in total. The summed E-state index contributed by atoms with van der Waals surface area (Å²) < 4.78 is 28.5. The molecule has 0 aromatic heterocycles. The van der Waals surface area contributed by atoms with Gasteiger partial charge in [0.15, 0.2) is 0 Å². The molecule has 4 rings (SSSR count). The summed E-state index contributed by atoms with van der Waals surface area (Å²) in [5, 5.41) is 1.52. The Kier molecular flexibility index (Phi) is 8.61. The second kappa shape index (κ2) is 12.1. The zero-order valence-corrected chi connectivity index (χ0v) is 21.5. The minimum absolute atomic E-state index is 0.0354. The van der Waals surface area contributed by atoms with Crippen molar-refractivity contribution < 1.29 is 18.0 Å². The van der Waals surface area contributed by atoms with Crippen LogP contribution in [0.1, 0.15) is 16.7 Å². The molecule has 186 valence electrons. The standard InChI is InChI=1S/C28H28N2O4S2/c31-27-26(22-35-21-18-25-14-8-3-9-15-25)28(32)30(20-17-24-12-6-2-7-13-24)36(33,34)29(27)19-16-23-10-4-1-5-11-23/h1-15,22H,16-21H2. The molecule has 36 heavy (non-hydrogen) atoms. The Morgan fingerprint density at radius 1 is 0.611 bits per heavy atom. The summed E-state index contributed by atoms with van der Waals surface area (Å²) in [5.41, 5.74) is 2.87. The first-order chi connectivity index (χ1) is 17.5. The number of carbonyl (C=O) groups is 2. The highest BCUT2D eigenvalue weighted by Crippen LogP contribution is 2.26. The maximum Gasteiger partial charge on any atom is 0.331 e. The lowest BCUT2D eigenvalue weighted by Gasteiger charge is -2.35. The van der Waals surface area contributed by atoms with Crippen LogP contribution in [0, 0.1) is 0 Å². The Morgan fingerprint density at radius 2 is 1.00 bits per heavy atom. The van der Waals surface area contributed by atoms with Crippen molar-refractivity contribution in [2.75, 3.05) is 18.8 Å². The Bertz CT molecular complexity index is 1240. The topological polar surface area (TPSA) is 74.8 Å². The van der Waals surface area contributed by atoms with E-state index in [-0.39, 0.29) is 18.7 Å². The van der Waals surface area contributed by atoms with Crippen LogP contribution < -0.4 is 0 Å². The molecule has 0 saturated carbocycles. The Balaban J connectivity index is 1.54. The fraction of sp³-hybridized carbons (Fsp3) is 0.214. The first kappa shape index (κ1) is 25.7. The van der Waals surface area contributed by atoms with E-state index in [0.717, 1.165) is 31.7 Å². The van der Waals surface area contributed by atoms with E-state index in [1.54, 1.807) is 0 Å². The van der Waals surface area contributed by atoms with Crippen LogP contribution in [0.5, 0.6) is 0 Å². The number of carbonyl (C=O) groups excluding carboxylic acids is 2. The molecule has 3 aromatic rings. The molecule has 6 nitrogen and oxygen atoms in total. The van der Waals surface area contributed by atoms with Gasteiger partial charge in [0.25, 0.3) is 11.8 Å². The van der Waals surface area contributed by atoms with Gasteiger partial charge in [0, 0.05) is 18.8 Å². The summed E-state index contributed by atoms with van der Waals surface area (Å²) in [4.78, 5) is 26.5. The molecule has 2 amide bonds. The monoisotopic (exact) mass is 520 g/mol. The van der Waals surface area contributed by atoms with Gasteiger partial charge < -0.3 is 0 Å². The van der Waals surface area contributed by atoms with E-state index in [2.05, 4.69) is 0 Å². The van der Waals surface area contributed by atoms with Gasteiger partial charge >= 0.3 is 10.2 Å². The predicted octanol–water partition coefficient (Wildman–Crippen LogP) is 4.25. The minimum Gasteiger partial charge on any atom is -0.268 e. The summed E-state index contributed by atoms with van der Waals surface area (Å²) in [5.74, 6) is -0.868. The number of amides is 2. The Hall–Kier alpha value is -3.36. The molecule has 1 saturated heterocycles. The molecule has 1 fully saturated rings. The van der Waals surface area contributed by atoms with Crippen LogP contribution in [-0.2, 0) is 39.1 Å². The van der Waals surface area contributed by atoms with Crippen LogP contribution in [0.4, 0.5) is 0 Å². The molecule has 3 aromatic carbocycles. The Labute approximate surface area is 216 Å². The van der Waals surface area contributed by atoms with Gasteiger partial charge in [0.2, 0.25) is 0 Å². The average molecular weight is 521 g/mol. The molecule has 1 heterocycles. The van der Waals surface area contributed by atoms with Gasteiger partial charge in [-0.05, 0) is 41.4 Å². The fourth-order valence-electron chi connectivity index (χ4n) is 3.94. The average Bonchev–Trinajstić information content (AvgIpc) is 2.89. The maximum absolute atomic E-state index is 13.4. The van der Waals surface area contributed by atoms with Crippen molar-refractivity contribution in [3.8, 4) is 0 Å². The summed E-state index contributed by atoms with van der Waals surface area (Å²) in [6, 6.07) is 28.7. The molecular weight excluding hydrogens is 492 g/mol. The summed E-state index contributed by atoms with van der Waals surface area (Å²) in [7, 11) is -4.29. The molecular formula is C28H28N2O4S2. The SMILES string of the molecule is O=C1C(=CSCCc2ccccc2)C(=O)N(CCc2ccccc2)S(=O)(=O)N1CCc1ccccc1. The normalized spacial score (nSPS) is 15.3. The van der Waals surface area contributed by atoms with Crippen molar-refractivity contribution >= 4 is 33.8 Å². The van der Waals surface area contributed by atoms with Crippen molar-refractivity contribution in [3.05, 3.63) is 119 Å². The second-order valence-corrected chi connectivity index (χ2v) is 11.1. The lowest BCUT2D eigenvalue weighted by Crippen LogP contribution is -2.57. The number of benzene rings is 3. The van der Waals surface area contributed by atoms with Gasteiger partial charge in [0.05, 0.1) is 0 Å². The van der Waals surface area contributed by atoms with E-state index >= 15 is 0 Å². The van der Waals surface area contributed by atoms with Crippen LogP contribution in [-0.4, -0.2) is 47.7 Å². The fourth-order valence-corrected chi connectivity index (χ4v) is 6.28. The first-order valence-electron chi connectivity index (χ1n) is 11.8. The van der Waals surface area contributed by atoms with Crippen LogP contribution >= 0.6 is 11.8 Å². The third-order valence-electron chi connectivity index (χ3n) is 5.92. The molecule has 0 unspecified atom stereocenters. The van der Waals surface area contributed by atoms with E-state index in [1.165, 1.54) is 17.2 Å². The van der Waals surface area contributed by atoms with Gasteiger partial charge in [-0.1, -0.05) is 91.0 Å². The quantitative estimate of drug-likeness (QED) is 0.227. The smallest absolute Gasteiger partial charge is 0.268 e. The maximum atomic E-state index is 13.4. The van der Waals surface area contributed by atoms with Crippen LogP contribution in [0.3, 0.4) is 0 Å². The molecule has 0 radical (unpaired) electrons. The third kappa shape index (κ3) is 6.25. The van der Waals surface area contributed by atoms with Crippen LogP contribution in [0.25, 0.3) is 0 Å². The van der Waals surface area contributed by atoms with E-state index in [4.69, 9.17) is 0 Å². The third-order valence-corrected chi connectivity index (χ3v) is 8.57. The molecule has 0 aliphatic carbocycles. The molecule has 1 aliphatic rings. The highest BCUT2D eigenvalue weighted by Gasteiger charge is 2.46. The van der Waals surface area contributed by atoms with Crippen molar-refractivity contribution in [3.63, 3.8) is 0 Å². The number of aryl methyl sites for hydroxylation is 1. The van der Waals surface area contributed by atoms with E-state index in [1.807, 2.05) is 91.0 Å². The summed E-state index contributed by atoms with van der Waals surface area (Å²) >= 11 is 1.34. The highest BCUT2D eigenvalue weighted by atomic mass is 32.2. The number of hydrogen-bond acceptors (Lipinski definition) is 5. The lowest BCUT2D eigenvalue weighted by atomic mass is 10.1. The number of thioether (sulfide) groups is 1. The number of hydrogen-bond donors (Lipinski definition) is 0. The summed E-state index contributed by atoms with van der Waals surface area (Å²) in [6.07, 6.45) is 1.49. The van der Waals surface area contributed by atoms with E-state index in [0.29, 0.717) is 18.6 Å². The highest BCUT2D eigenvalue weighted by molar-refractivity contribution is 8.02. The van der Waals surface area contributed by atoms with Crippen molar-refractivity contribution in [2.24, 2.45) is 0 Å². The zero-order valence-electron chi connectivity index (χ0n) is 19.8. The van der Waals surface area contributed by atoms with Gasteiger partial charge in [-0.25, -0.2) is 8.61 Å². The van der Waals surface area contributed by atoms with E-state index < -0.39 is 22.0 Å². The molecule has 0 atom stereocenters. The number of rotatable bonds is 10. The van der Waals surface area contributed by atoms with Crippen LogP contribution in [0.2, 0.25) is 0 Å². The molecule has 0 bridgehead atoms. The second-order valence-electron chi connectivity index (χ2n) is 8.37. The molecule has 1 aliphatic heterocycles. The summed E-state index contributed by atoms with van der Waals surface area (Å²) in [6.45, 7) is -0.0708. The lowest BCUT2D eigenvalue weighted by molar-refractivity contribution is -0.131. The molecule has 8 heteroatoms. The largest absolute Gasteiger partial charge is 0.331 e. The van der Waals surface area contributed by atoms with Crippen LogP contribution in [0.15, 0.2) is 102 Å².